The van der Waals surface area contributed by atoms with Gasteiger partial charge >= 0.3 is 5.97 Å². The zero-order chi connectivity index (χ0) is 18.5. The first-order chi connectivity index (χ1) is 12.1. The topological polar surface area (TPSA) is 81.7 Å². The fourth-order valence-electron chi connectivity index (χ4n) is 1.62. The highest BCUT2D eigenvalue weighted by molar-refractivity contribution is 6.32. The molecule has 0 aliphatic rings. The fourth-order valence-corrected chi connectivity index (χ4v) is 1.88. The number of ether oxygens (including phenoxy) is 7. The molecule has 0 aliphatic heterocycles. The van der Waals surface area contributed by atoms with Gasteiger partial charge in [0.2, 0.25) is 0 Å². The third kappa shape index (κ3) is 8.89. The Balaban J connectivity index is 2.74. The summed E-state index contributed by atoms with van der Waals surface area (Å²) in [7, 11) is 3.15. The van der Waals surface area contributed by atoms with Gasteiger partial charge in [0.05, 0.1) is 31.5 Å². The van der Waals surface area contributed by atoms with Crippen LogP contribution < -0.4 is 14.2 Å². The van der Waals surface area contributed by atoms with E-state index in [-0.39, 0.29) is 35.9 Å². The Kier molecular flexibility index (Phi) is 10.9. The minimum Gasteiger partial charge on any atom is -0.463 e. The molecule has 0 fully saturated rings. The number of hydrogen-bond acceptors (Lipinski definition) is 8. The van der Waals surface area contributed by atoms with Crippen LogP contribution in [0.15, 0.2) is 12.1 Å². The van der Waals surface area contributed by atoms with Crippen molar-refractivity contribution in [2.45, 2.75) is 6.92 Å². The summed E-state index contributed by atoms with van der Waals surface area (Å²) in [5, 5.41) is 0.209. The summed E-state index contributed by atoms with van der Waals surface area (Å²) < 4.78 is 36.3. The molecule has 142 valence electrons. The summed E-state index contributed by atoms with van der Waals surface area (Å²) in [6.07, 6.45) is 0. The Labute approximate surface area is 151 Å². The summed E-state index contributed by atoms with van der Waals surface area (Å²) in [4.78, 5) is 11.1. The highest BCUT2D eigenvalue weighted by atomic mass is 35.5. The highest BCUT2D eigenvalue weighted by Crippen LogP contribution is 2.39. The lowest BCUT2D eigenvalue weighted by atomic mass is 10.3. The van der Waals surface area contributed by atoms with Gasteiger partial charge < -0.3 is 33.2 Å². The van der Waals surface area contributed by atoms with E-state index < -0.39 is 5.97 Å². The van der Waals surface area contributed by atoms with Crippen LogP contribution in [0.4, 0.5) is 0 Å². The zero-order valence-corrected chi connectivity index (χ0v) is 15.3. The largest absolute Gasteiger partial charge is 0.463 e. The number of esters is 1. The number of benzene rings is 1. The van der Waals surface area contributed by atoms with Crippen molar-refractivity contribution < 1.29 is 38.0 Å². The van der Waals surface area contributed by atoms with Gasteiger partial charge in [0.1, 0.15) is 5.75 Å². The van der Waals surface area contributed by atoms with E-state index in [1.54, 1.807) is 14.2 Å². The molecular formula is C16H23ClO8. The maximum atomic E-state index is 11.1. The number of carbonyl (C=O) groups excluding carboxylic acids is 1. The lowest BCUT2D eigenvalue weighted by Crippen LogP contribution is -2.11. The third-order valence-electron chi connectivity index (χ3n) is 2.69. The molecule has 0 heterocycles. The molecule has 0 bridgehead atoms. The summed E-state index contributed by atoms with van der Waals surface area (Å²) >= 11 is 6.18. The molecule has 0 saturated heterocycles. The summed E-state index contributed by atoms with van der Waals surface area (Å²) in [6.45, 7) is 2.81. The molecular weight excluding hydrogens is 356 g/mol. The number of halogens is 1. The molecule has 1 rings (SSSR count). The van der Waals surface area contributed by atoms with Crippen molar-refractivity contribution in [3.05, 3.63) is 17.2 Å². The molecule has 1 aromatic carbocycles. The number of hydrogen-bond donors (Lipinski definition) is 0. The molecule has 25 heavy (non-hydrogen) atoms. The van der Waals surface area contributed by atoms with E-state index in [2.05, 4.69) is 0 Å². The monoisotopic (exact) mass is 378 g/mol. The second-order valence-electron chi connectivity index (χ2n) is 4.65. The molecule has 8 nitrogen and oxygen atoms in total. The van der Waals surface area contributed by atoms with Crippen molar-refractivity contribution in [1.82, 2.24) is 0 Å². The second kappa shape index (κ2) is 12.7. The minimum absolute atomic E-state index is 0.0448. The van der Waals surface area contributed by atoms with E-state index >= 15 is 0 Å². The quantitative estimate of drug-likeness (QED) is 0.224. The summed E-state index contributed by atoms with van der Waals surface area (Å²) in [5.41, 5.74) is 0. The Morgan fingerprint density at radius 2 is 1.56 bits per heavy atom. The van der Waals surface area contributed by atoms with Crippen LogP contribution in [0.25, 0.3) is 0 Å². The normalized spacial score (nSPS) is 10.6. The van der Waals surface area contributed by atoms with Gasteiger partial charge in [0.25, 0.3) is 0 Å². The van der Waals surface area contributed by atoms with Gasteiger partial charge in [-0.25, -0.2) is 0 Å². The highest BCUT2D eigenvalue weighted by Gasteiger charge is 2.15. The second-order valence-corrected chi connectivity index (χ2v) is 5.06. The van der Waals surface area contributed by atoms with E-state index in [9.17, 15) is 4.79 Å². The van der Waals surface area contributed by atoms with Crippen LogP contribution in [-0.4, -0.2) is 60.2 Å². The van der Waals surface area contributed by atoms with Gasteiger partial charge in [-0.15, -0.1) is 0 Å². The van der Waals surface area contributed by atoms with Crippen LogP contribution in [0.5, 0.6) is 17.2 Å². The van der Waals surface area contributed by atoms with Crippen LogP contribution >= 0.6 is 11.6 Å². The van der Waals surface area contributed by atoms with E-state index in [4.69, 9.17) is 44.8 Å². The molecule has 0 unspecified atom stereocenters. The van der Waals surface area contributed by atoms with Crippen molar-refractivity contribution in [2.24, 2.45) is 0 Å². The molecule has 0 aromatic heterocycles. The first-order valence-corrected chi connectivity index (χ1v) is 7.87. The average Bonchev–Trinajstić information content (AvgIpc) is 2.55. The molecule has 0 spiro atoms. The Bertz CT molecular complexity index is 523. The van der Waals surface area contributed by atoms with E-state index in [0.717, 1.165) is 0 Å². The Morgan fingerprint density at radius 1 is 0.960 bits per heavy atom. The first-order valence-electron chi connectivity index (χ1n) is 7.49. The molecule has 0 amide bonds. The Morgan fingerprint density at radius 3 is 2.12 bits per heavy atom. The van der Waals surface area contributed by atoms with Crippen molar-refractivity contribution in [1.29, 1.82) is 0 Å². The molecule has 9 heteroatoms. The molecule has 0 N–H and O–H groups in total. The predicted octanol–water partition coefficient (Wildman–Crippen LogP) is 2.26. The maximum Gasteiger partial charge on any atom is 0.308 e. The van der Waals surface area contributed by atoms with Gasteiger partial charge in [-0.2, -0.15) is 0 Å². The smallest absolute Gasteiger partial charge is 0.308 e. The standard InChI is InChI=1S/C16H23ClO8/c1-12(18)25-13-8-14(17)16(24-11-22-7-5-20-3)15(9-13)23-10-21-6-4-19-2/h8-9H,4-7,10-11H2,1-3H3. The van der Waals surface area contributed by atoms with E-state index in [1.807, 2.05) is 0 Å². The molecule has 0 aliphatic carbocycles. The lowest BCUT2D eigenvalue weighted by molar-refractivity contribution is -0.131. The van der Waals surface area contributed by atoms with Gasteiger partial charge in [0.15, 0.2) is 25.1 Å². The summed E-state index contributed by atoms with van der Waals surface area (Å²) in [5.74, 6) is 0.272. The Hall–Kier alpha value is -1.58. The summed E-state index contributed by atoms with van der Waals surface area (Å²) in [6, 6.07) is 2.93. The SMILES string of the molecule is COCCOCOc1cc(OC(C)=O)cc(Cl)c1OCOCCOC. The van der Waals surface area contributed by atoms with E-state index in [0.29, 0.717) is 26.4 Å². The predicted molar refractivity (Wildman–Crippen MR) is 89.4 cm³/mol. The maximum absolute atomic E-state index is 11.1. The minimum atomic E-state index is -0.477. The van der Waals surface area contributed by atoms with Crippen LogP contribution in [0, 0.1) is 0 Å². The lowest BCUT2D eigenvalue weighted by Gasteiger charge is -2.15. The molecule has 1 aromatic rings. The van der Waals surface area contributed by atoms with Gasteiger partial charge in [-0.05, 0) is 0 Å². The van der Waals surface area contributed by atoms with Gasteiger partial charge in [0, 0.05) is 33.3 Å². The van der Waals surface area contributed by atoms with Crippen molar-refractivity contribution in [3.63, 3.8) is 0 Å². The van der Waals surface area contributed by atoms with Crippen LogP contribution in [0.1, 0.15) is 6.92 Å². The molecule has 0 radical (unpaired) electrons. The first kappa shape index (κ1) is 21.5. The van der Waals surface area contributed by atoms with Crippen LogP contribution in [0.2, 0.25) is 5.02 Å². The van der Waals surface area contributed by atoms with E-state index in [1.165, 1.54) is 19.1 Å². The third-order valence-corrected chi connectivity index (χ3v) is 2.97. The number of rotatable bonds is 13. The van der Waals surface area contributed by atoms with Crippen molar-refractivity contribution in [2.75, 3.05) is 54.2 Å². The number of methoxy groups -OCH3 is 2. The fraction of sp³-hybridized carbons (Fsp3) is 0.562. The van der Waals surface area contributed by atoms with Crippen LogP contribution in [-0.2, 0) is 23.7 Å². The van der Waals surface area contributed by atoms with Crippen molar-refractivity contribution >= 4 is 17.6 Å². The van der Waals surface area contributed by atoms with Crippen molar-refractivity contribution in [3.8, 4) is 17.2 Å². The zero-order valence-electron chi connectivity index (χ0n) is 14.5. The number of carbonyl (C=O) groups is 1. The van der Waals surface area contributed by atoms with Crippen LogP contribution in [0.3, 0.4) is 0 Å². The molecule has 0 atom stereocenters. The average molecular weight is 379 g/mol. The van der Waals surface area contributed by atoms with Gasteiger partial charge in [-0.3, -0.25) is 4.79 Å². The molecule has 0 saturated carbocycles. The van der Waals surface area contributed by atoms with Gasteiger partial charge in [-0.1, -0.05) is 11.6 Å².